The van der Waals surface area contributed by atoms with Gasteiger partial charge in [-0.15, -0.1) is 12.4 Å². The number of carbonyl (C=O) groups is 2. The zero-order valence-corrected chi connectivity index (χ0v) is 14.4. The van der Waals surface area contributed by atoms with Crippen molar-refractivity contribution in [1.29, 1.82) is 0 Å². The SMILES string of the molecule is Cl.O=C(COc1cccc(N2CCCC2=O)c1)NC1CCCNC1. The first-order valence-corrected chi connectivity index (χ1v) is 8.26. The van der Waals surface area contributed by atoms with E-state index in [0.29, 0.717) is 12.2 Å². The van der Waals surface area contributed by atoms with Crippen molar-refractivity contribution in [3.05, 3.63) is 24.3 Å². The van der Waals surface area contributed by atoms with Gasteiger partial charge in [-0.2, -0.15) is 0 Å². The summed E-state index contributed by atoms with van der Waals surface area (Å²) in [6.07, 6.45) is 3.58. The molecule has 2 heterocycles. The Morgan fingerprint density at radius 2 is 2.25 bits per heavy atom. The van der Waals surface area contributed by atoms with E-state index in [1.165, 1.54) is 0 Å². The summed E-state index contributed by atoms with van der Waals surface area (Å²) in [4.78, 5) is 25.5. The molecule has 1 atom stereocenters. The number of carbonyl (C=O) groups excluding carboxylic acids is 2. The van der Waals surface area contributed by atoms with Crippen molar-refractivity contribution in [1.82, 2.24) is 10.6 Å². The summed E-state index contributed by atoms with van der Waals surface area (Å²) in [7, 11) is 0. The molecule has 2 amide bonds. The fourth-order valence-electron chi connectivity index (χ4n) is 3.06. The lowest BCUT2D eigenvalue weighted by molar-refractivity contribution is -0.124. The molecule has 0 radical (unpaired) electrons. The van der Waals surface area contributed by atoms with Crippen molar-refractivity contribution in [2.75, 3.05) is 31.1 Å². The van der Waals surface area contributed by atoms with Crippen LogP contribution in [0.2, 0.25) is 0 Å². The Labute approximate surface area is 148 Å². The molecule has 2 saturated heterocycles. The molecule has 1 unspecified atom stereocenters. The molecule has 7 heteroatoms. The van der Waals surface area contributed by atoms with E-state index in [9.17, 15) is 9.59 Å². The minimum Gasteiger partial charge on any atom is -0.484 e. The van der Waals surface area contributed by atoms with Gasteiger partial charge in [0, 0.05) is 37.3 Å². The Morgan fingerprint density at radius 1 is 1.38 bits per heavy atom. The highest BCUT2D eigenvalue weighted by Crippen LogP contribution is 2.25. The van der Waals surface area contributed by atoms with Crippen LogP contribution in [0, 0.1) is 0 Å². The van der Waals surface area contributed by atoms with E-state index in [4.69, 9.17) is 4.74 Å². The van der Waals surface area contributed by atoms with E-state index >= 15 is 0 Å². The molecule has 24 heavy (non-hydrogen) atoms. The average Bonchev–Trinajstić information content (AvgIpc) is 3.00. The van der Waals surface area contributed by atoms with Gasteiger partial charge in [0.25, 0.3) is 5.91 Å². The van der Waals surface area contributed by atoms with Gasteiger partial charge < -0.3 is 20.3 Å². The van der Waals surface area contributed by atoms with Gasteiger partial charge in [0.1, 0.15) is 5.75 Å². The molecule has 2 aliphatic heterocycles. The molecule has 2 aliphatic rings. The second kappa shape index (κ2) is 8.89. The standard InChI is InChI=1S/C17H23N3O3.ClH/c21-16(19-13-4-2-8-18-11-13)12-23-15-6-1-5-14(10-15)20-9-3-7-17(20)22;/h1,5-6,10,13,18H,2-4,7-9,11-12H2,(H,19,21);1H. The lowest BCUT2D eigenvalue weighted by Gasteiger charge is -2.23. The first-order chi connectivity index (χ1) is 11.2. The van der Waals surface area contributed by atoms with Crippen LogP contribution in [0.25, 0.3) is 0 Å². The zero-order chi connectivity index (χ0) is 16.1. The Hall–Kier alpha value is -1.79. The van der Waals surface area contributed by atoms with Gasteiger partial charge in [0.05, 0.1) is 0 Å². The van der Waals surface area contributed by atoms with Gasteiger partial charge in [-0.3, -0.25) is 9.59 Å². The highest BCUT2D eigenvalue weighted by atomic mass is 35.5. The molecular formula is C17H24ClN3O3. The van der Waals surface area contributed by atoms with E-state index in [-0.39, 0.29) is 36.9 Å². The number of piperidine rings is 1. The first-order valence-electron chi connectivity index (χ1n) is 8.26. The lowest BCUT2D eigenvalue weighted by Crippen LogP contribution is -2.46. The molecule has 0 aliphatic carbocycles. The van der Waals surface area contributed by atoms with E-state index in [0.717, 1.165) is 44.6 Å². The monoisotopic (exact) mass is 353 g/mol. The second-order valence-corrected chi connectivity index (χ2v) is 6.05. The smallest absolute Gasteiger partial charge is 0.258 e. The predicted octanol–water partition coefficient (Wildman–Crippen LogP) is 1.48. The van der Waals surface area contributed by atoms with Crippen LogP contribution in [-0.2, 0) is 9.59 Å². The van der Waals surface area contributed by atoms with Crippen LogP contribution in [0.4, 0.5) is 5.69 Å². The summed E-state index contributed by atoms with van der Waals surface area (Å²) in [6.45, 7) is 2.58. The summed E-state index contributed by atoms with van der Waals surface area (Å²) >= 11 is 0. The maximum absolute atomic E-state index is 11.9. The van der Waals surface area contributed by atoms with Crippen LogP contribution in [0.15, 0.2) is 24.3 Å². The summed E-state index contributed by atoms with van der Waals surface area (Å²) < 4.78 is 5.57. The topological polar surface area (TPSA) is 70.7 Å². The zero-order valence-electron chi connectivity index (χ0n) is 13.6. The van der Waals surface area contributed by atoms with E-state index in [1.54, 1.807) is 11.0 Å². The van der Waals surface area contributed by atoms with Crippen molar-refractivity contribution in [2.24, 2.45) is 0 Å². The summed E-state index contributed by atoms with van der Waals surface area (Å²) in [5, 5.41) is 6.24. The van der Waals surface area contributed by atoms with Gasteiger partial charge in [-0.25, -0.2) is 0 Å². The highest BCUT2D eigenvalue weighted by Gasteiger charge is 2.22. The highest BCUT2D eigenvalue weighted by molar-refractivity contribution is 5.95. The molecule has 1 aromatic carbocycles. The van der Waals surface area contributed by atoms with Crippen molar-refractivity contribution < 1.29 is 14.3 Å². The Bertz CT molecular complexity index is 576. The average molecular weight is 354 g/mol. The molecule has 2 fully saturated rings. The van der Waals surface area contributed by atoms with Gasteiger partial charge in [-0.1, -0.05) is 6.07 Å². The number of rotatable bonds is 5. The number of benzene rings is 1. The van der Waals surface area contributed by atoms with Crippen LogP contribution in [0.1, 0.15) is 25.7 Å². The minimum atomic E-state index is -0.110. The fraction of sp³-hybridized carbons (Fsp3) is 0.529. The minimum absolute atomic E-state index is 0. The molecule has 3 rings (SSSR count). The van der Waals surface area contributed by atoms with Crippen LogP contribution in [0.5, 0.6) is 5.75 Å². The van der Waals surface area contributed by atoms with Crippen LogP contribution in [0.3, 0.4) is 0 Å². The molecule has 0 bridgehead atoms. The normalized spacial score (nSPS) is 20.4. The molecule has 132 valence electrons. The Balaban J connectivity index is 0.00000208. The van der Waals surface area contributed by atoms with Crippen LogP contribution < -0.4 is 20.3 Å². The van der Waals surface area contributed by atoms with Crippen molar-refractivity contribution in [2.45, 2.75) is 31.7 Å². The molecule has 6 nitrogen and oxygen atoms in total. The van der Waals surface area contributed by atoms with Gasteiger partial charge in [-0.05, 0) is 37.9 Å². The predicted molar refractivity (Wildman–Crippen MR) is 94.8 cm³/mol. The number of hydrogen-bond acceptors (Lipinski definition) is 4. The summed E-state index contributed by atoms with van der Waals surface area (Å²) in [5.41, 5.74) is 0.835. The molecule has 1 aromatic rings. The molecule has 0 spiro atoms. The molecular weight excluding hydrogens is 330 g/mol. The summed E-state index contributed by atoms with van der Waals surface area (Å²) in [6, 6.07) is 7.55. The van der Waals surface area contributed by atoms with E-state index in [2.05, 4.69) is 10.6 Å². The molecule has 2 N–H and O–H groups in total. The van der Waals surface area contributed by atoms with E-state index < -0.39 is 0 Å². The molecule has 0 aromatic heterocycles. The number of amides is 2. The number of halogens is 1. The number of nitrogens with zero attached hydrogens (tertiary/aromatic N) is 1. The van der Waals surface area contributed by atoms with Crippen LogP contribution >= 0.6 is 12.4 Å². The Morgan fingerprint density at radius 3 is 2.96 bits per heavy atom. The van der Waals surface area contributed by atoms with Gasteiger partial charge in [0.15, 0.2) is 6.61 Å². The first kappa shape index (κ1) is 18.5. The van der Waals surface area contributed by atoms with Crippen molar-refractivity contribution in [3.63, 3.8) is 0 Å². The third-order valence-corrected chi connectivity index (χ3v) is 4.23. The maximum Gasteiger partial charge on any atom is 0.258 e. The molecule has 0 saturated carbocycles. The van der Waals surface area contributed by atoms with Gasteiger partial charge >= 0.3 is 0 Å². The van der Waals surface area contributed by atoms with Crippen LogP contribution in [-0.4, -0.2) is 44.1 Å². The number of ether oxygens (including phenoxy) is 1. The lowest BCUT2D eigenvalue weighted by atomic mass is 10.1. The van der Waals surface area contributed by atoms with Gasteiger partial charge in [0.2, 0.25) is 5.91 Å². The van der Waals surface area contributed by atoms with Crippen molar-refractivity contribution >= 4 is 29.9 Å². The van der Waals surface area contributed by atoms with Crippen molar-refractivity contribution in [3.8, 4) is 5.75 Å². The quantitative estimate of drug-likeness (QED) is 0.841. The largest absolute Gasteiger partial charge is 0.484 e. The van der Waals surface area contributed by atoms with E-state index in [1.807, 2.05) is 18.2 Å². The fourth-order valence-corrected chi connectivity index (χ4v) is 3.06. The third kappa shape index (κ3) is 4.85. The Kier molecular flexibility index (Phi) is 6.87. The number of anilines is 1. The summed E-state index contributed by atoms with van der Waals surface area (Å²) in [5.74, 6) is 0.644. The third-order valence-electron chi connectivity index (χ3n) is 4.23. The second-order valence-electron chi connectivity index (χ2n) is 6.05. The number of hydrogen-bond donors (Lipinski definition) is 2. The number of nitrogens with one attached hydrogen (secondary N) is 2. The maximum atomic E-state index is 11.9.